The predicted molar refractivity (Wildman–Crippen MR) is 69.5 cm³/mol. The Balaban J connectivity index is 2.18. The summed E-state index contributed by atoms with van der Waals surface area (Å²) in [5, 5.41) is 3.94. The molecule has 3 heterocycles. The molecule has 5 nitrogen and oxygen atoms in total. The number of rotatable bonds is 2. The van der Waals surface area contributed by atoms with E-state index < -0.39 is 0 Å². The van der Waals surface area contributed by atoms with Crippen LogP contribution in [-0.2, 0) is 0 Å². The molecule has 0 radical (unpaired) electrons. The van der Waals surface area contributed by atoms with Crippen molar-refractivity contribution in [1.82, 2.24) is 10.1 Å². The number of hydrogen-bond donors (Lipinski definition) is 1. The number of pyridine rings is 1. The minimum atomic E-state index is 0.253. The second-order valence-corrected chi connectivity index (χ2v) is 4.39. The number of hydrogen-bond acceptors (Lipinski definition) is 5. The minimum Gasteiger partial charge on any atom is -0.448 e. The zero-order valence-corrected chi connectivity index (χ0v) is 10.7. The van der Waals surface area contributed by atoms with Gasteiger partial charge in [0.2, 0.25) is 5.88 Å². The quantitative estimate of drug-likeness (QED) is 0.785. The monoisotopic (exact) mass is 305 g/mol. The third kappa shape index (κ3) is 1.80. The molecule has 0 aliphatic carbocycles. The van der Waals surface area contributed by atoms with Gasteiger partial charge in [-0.25, -0.2) is 0 Å². The number of furan rings is 1. The van der Waals surface area contributed by atoms with Crippen molar-refractivity contribution in [3.05, 3.63) is 41.3 Å². The predicted octanol–water partition coefficient (Wildman–Crippen LogP) is 3.34. The van der Waals surface area contributed by atoms with E-state index in [9.17, 15) is 0 Å². The van der Waals surface area contributed by atoms with E-state index in [-0.39, 0.29) is 5.88 Å². The average Bonchev–Trinajstić information content (AvgIpc) is 2.96. The average molecular weight is 306 g/mol. The first-order chi connectivity index (χ1) is 8.75. The highest BCUT2D eigenvalue weighted by Crippen LogP contribution is 2.37. The van der Waals surface area contributed by atoms with Gasteiger partial charge in [0.15, 0.2) is 16.1 Å². The Labute approximate surface area is 111 Å². The second kappa shape index (κ2) is 4.30. The number of nitrogens with zero attached hydrogens (tertiary/aromatic N) is 2. The highest BCUT2D eigenvalue weighted by Gasteiger charge is 2.19. The van der Waals surface area contributed by atoms with E-state index in [1.807, 2.05) is 12.1 Å². The fourth-order valence-corrected chi connectivity index (χ4v) is 2.02. The van der Waals surface area contributed by atoms with Crippen LogP contribution in [0.2, 0.25) is 0 Å². The number of aromatic nitrogens is 2. The highest BCUT2D eigenvalue weighted by molar-refractivity contribution is 9.10. The molecular formula is C12H8BrN3O2. The summed E-state index contributed by atoms with van der Waals surface area (Å²) < 4.78 is 11.1. The molecule has 0 unspecified atom stereocenters. The first kappa shape index (κ1) is 11.0. The summed E-state index contributed by atoms with van der Waals surface area (Å²) in [7, 11) is 0. The molecule has 0 bridgehead atoms. The maximum atomic E-state index is 5.81. The molecular weight excluding hydrogens is 298 g/mol. The standard InChI is InChI=1S/C12H8BrN3O2/c13-9-2-1-8(17-9)11-10(12(14)18-16-11)7-3-5-15-6-4-7/h1-6H,14H2. The van der Waals surface area contributed by atoms with Gasteiger partial charge in [-0.05, 0) is 45.8 Å². The van der Waals surface area contributed by atoms with Gasteiger partial charge >= 0.3 is 0 Å². The van der Waals surface area contributed by atoms with Crippen LogP contribution in [0.25, 0.3) is 22.6 Å². The van der Waals surface area contributed by atoms with Crippen molar-refractivity contribution in [3.8, 4) is 22.6 Å². The normalized spacial score (nSPS) is 10.7. The molecule has 0 aromatic carbocycles. The van der Waals surface area contributed by atoms with Gasteiger partial charge in [0.05, 0.1) is 5.56 Å². The Morgan fingerprint density at radius 3 is 2.56 bits per heavy atom. The van der Waals surface area contributed by atoms with E-state index in [1.165, 1.54) is 0 Å². The molecule has 3 aromatic heterocycles. The van der Waals surface area contributed by atoms with Gasteiger partial charge < -0.3 is 14.7 Å². The molecule has 2 N–H and O–H groups in total. The summed E-state index contributed by atoms with van der Waals surface area (Å²) in [6.07, 6.45) is 3.37. The van der Waals surface area contributed by atoms with Crippen molar-refractivity contribution in [1.29, 1.82) is 0 Å². The van der Waals surface area contributed by atoms with Crippen LogP contribution >= 0.6 is 15.9 Å². The molecule has 0 saturated heterocycles. The molecule has 90 valence electrons. The van der Waals surface area contributed by atoms with Crippen molar-refractivity contribution in [2.75, 3.05) is 5.73 Å². The lowest BCUT2D eigenvalue weighted by molar-refractivity contribution is 0.435. The van der Waals surface area contributed by atoms with Crippen LogP contribution in [0.3, 0.4) is 0 Å². The molecule has 0 amide bonds. The summed E-state index contributed by atoms with van der Waals surface area (Å²) >= 11 is 3.25. The van der Waals surface area contributed by atoms with E-state index >= 15 is 0 Å². The largest absolute Gasteiger partial charge is 0.448 e. The Morgan fingerprint density at radius 1 is 1.11 bits per heavy atom. The summed E-state index contributed by atoms with van der Waals surface area (Å²) in [6, 6.07) is 7.26. The van der Waals surface area contributed by atoms with Crippen LogP contribution in [0.5, 0.6) is 0 Å². The van der Waals surface area contributed by atoms with Gasteiger partial charge in [-0.15, -0.1) is 0 Å². The SMILES string of the molecule is Nc1onc(-c2ccc(Br)o2)c1-c1ccncc1. The van der Waals surface area contributed by atoms with E-state index in [0.29, 0.717) is 21.7 Å². The molecule has 0 saturated carbocycles. The Morgan fingerprint density at radius 2 is 1.89 bits per heavy atom. The summed E-state index contributed by atoms with van der Waals surface area (Å²) in [5.74, 6) is 0.845. The molecule has 0 aliphatic rings. The smallest absolute Gasteiger partial charge is 0.230 e. The van der Waals surface area contributed by atoms with Crippen molar-refractivity contribution < 1.29 is 8.94 Å². The van der Waals surface area contributed by atoms with Crippen LogP contribution in [-0.4, -0.2) is 10.1 Å². The number of anilines is 1. The van der Waals surface area contributed by atoms with E-state index in [0.717, 1.165) is 5.56 Å². The zero-order chi connectivity index (χ0) is 12.5. The van der Waals surface area contributed by atoms with Gasteiger partial charge in [0.1, 0.15) is 0 Å². The maximum absolute atomic E-state index is 5.81. The minimum absolute atomic E-state index is 0.253. The van der Waals surface area contributed by atoms with E-state index in [2.05, 4.69) is 26.1 Å². The van der Waals surface area contributed by atoms with Crippen LogP contribution < -0.4 is 5.73 Å². The van der Waals surface area contributed by atoms with Crippen LogP contribution in [0.15, 0.2) is 50.3 Å². The summed E-state index contributed by atoms with van der Waals surface area (Å²) in [6.45, 7) is 0. The molecule has 6 heteroatoms. The maximum Gasteiger partial charge on any atom is 0.230 e. The first-order valence-corrected chi connectivity index (χ1v) is 5.96. The van der Waals surface area contributed by atoms with Crippen molar-refractivity contribution in [2.45, 2.75) is 0 Å². The van der Waals surface area contributed by atoms with Gasteiger partial charge in [0.25, 0.3) is 0 Å². The van der Waals surface area contributed by atoms with E-state index in [4.69, 9.17) is 14.7 Å². The second-order valence-electron chi connectivity index (χ2n) is 3.61. The van der Waals surface area contributed by atoms with Gasteiger partial charge in [0, 0.05) is 12.4 Å². The van der Waals surface area contributed by atoms with Gasteiger partial charge in [-0.1, -0.05) is 5.16 Å². The number of nitrogen functional groups attached to an aromatic ring is 1. The summed E-state index contributed by atoms with van der Waals surface area (Å²) in [4.78, 5) is 3.97. The lowest BCUT2D eigenvalue weighted by Gasteiger charge is -1.99. The fourth-order valence-electron chi connectivity index (χ4n) is 1.71. The molecule has 0 spiro atoms. The Kier molecular flexibility index (Phi) is 2.64. The van der Waals surface area contributed by atoms with E-state index in [1.54, 1.807) is 24.5 Å². The van der Waals surface area contributed by atoms with Crippen LogP contribution in [0.1, 0.15) is 0 Å². The van der Waals surface area contributed by atoms with Crippen LogP contribution in [0, 0.1) is 0 Å². The van der Waals surface area contributed by atoms with Crippen molar-refractivity contribution >= 4 is 21.8 Å². The van der Waals surface area contributed by atoms with Gasteiger partial charge in [-0.3, -0.25) is 4.98 Å². The molecule has 0 fully saturated rings. The summed E-state index contributed by atoms with van der Waals surface area (Å²) in [5.41, 5.74) is 7.98. The molecule has 0 aliphatic heterocycles. The number of halogens is 1. The first-order valence-electron chi connectivity index (χ1n) is 5.17. The van der Waals surface area contributed by atoms with Crippen LogP contribution in [0.4, 0.5) is 5.88 Å². The van der Waals surface area contributed by atoms with Crippen molar-refractivity contribution in [2.24, 2.45) is 0 Å². The number of nitrogens with two attached hydrogens (primary N) is 1. The molecule has 0 atom stereocenters. The Hall–Kier alpha value is -2.08. The highest BCUT2D eigenvalue weighted by atomic mass is 79.9. The molecule has 18 heavy (non-hydrogen) atoms. The third-order valence-electron chi connectivity index (χ3n) is 2.49. The zero-order valence-electron chi connectivity index (χ0n) is 9.13. The molecule has 3 rings (SSSR count). The topological polar surface area (TPSA) is 78.1 Å². The third-order valence-corrected chi connectivity index (χ3v) is 2.92. The lowest BCUT2D eigenvalue weighted by atomic mass is 10.1. The fraction of sp³-hybridized carbons (Fsp3) is 0. The Bertz CT molecular complexity index is 676. The van der Waals surface area contributed by atoms with Crippen molar-refractivity contribution in [3.63, 3.8) is 0 Å². The lowest BCUT2D eigenvalue weighted by Crippen LogP contribution is -1.87. The van der Waals surface area contributed by atoms with Gasteiger partial charge in [-0.2, -0.15) is 0 Å². The molecule has 3 aromatic rings.